The molecular formula is C15H21NO3. The molecule has 2 N–H and O–H groups in total. The molecular weight excluding hydrogens is 242 g/mol. The van der Waals surface area contributed by atoms with E-state index in [4.69, 9.17) is 15.2 Å². The number of benzene rings is 1. The summed E-state index contributed by atoms with van der Waals surface area (Å²) in [4.78, 5) is 11.7. The zero-order valence-corrected chi connectivity index (χ0v) is 11.4. The minimum Gasteiger partial charge on any atom is -0.491 e. The summed E-state index contributed by atoms with van der Waals surface area (Å²) in [5, 5.41) is 0. The Labute approximate surface area is 113 Å². The van der Waals surface area contributed by atoms with Crippen molar-refractivity contribution < 1.29 is 14.3 Å². The van der Waals surface area contributed by atoms with E-state index in [0.717, 1.165) is 0 Å². The van der Waals surface area contributed by atoms with Crippen LogP contribution in [0.25, 0.3) is 0 Å². The van der Waals surface area contributed by atoms with Gasteiger partial charge in [-0.2, -0.15) is 0 Å². The summed E-state index contributed by atoms with van der Waals surface area (Å²) in [6, 6.07) is 5.02. The van der Waals surface area contributed by atoms with Crippen molar-refractivity contribution >= 4 is 11.7 Å². The fourth-order valence-electron chi connectivity index (χ4n) is 2.39. The van der Waals surface area contributed by atoms with Gasteiger partial charge in [0.05, 0.1) is 24.5 Å². The van der Waals surface area contributed by atoms with Crippen molar-refractivity contribution in [3.8, 4) is 5.75 Å². The molecule has 2 rings (SSSR count). The molecule has 0 unspecified atom stereocenters. The Bertz CT molecular complexity index is 439. The van der Waals surface area contributed by atoms with Gasteiger partial charge in [-0.15, -0.1) is 0 Å². The van der Waals surface area contributed by atoms with Gasteiger partial charge in [-0.3, -0.25) is 0 Å². The summed E-state index contributed by atoms with van der Waals surface area (Å²) in [6.45, 7) is 2.82. The first-order chi connectivity index (χ1) is 9.20. The first-order valence-corrected chi connectivity index (χ1v) is 6.90. The number of rotatable bonds is 5. The number of anilines is 1. The number of carbonyl (C=O) groups is 1. The number of ether oxygens (including phenoxy) is 2. The van der Waals surface area contributed by atoms with Crippen molar-refractivity contribution in [2.45, 2.75) is 32.6 Å². The summed E-state index contributed by atoms with van der Waals surface area (Å²) in [5.74, 6) is 0.858. The molecule has 0 bridgehead atoms. The number of hydrogen-bond acceptors (Lipinski definition) is 4. The molecule has 0 atom stereocenters. The number of carbonyl (C=O) groups excluding carboxylic acids is 1. The summed E-state index contributed by atoms with van der Waals surface area (Å²) >= 11 is 0. The van der Waals surface area contributed by atoms with Crippen LogP contribution < -0.4 is 10.5 Å². The number of hydrogen-bond donors (Lipinski definition) is 1. The maximum Gasteiger partial charge on any atom is 0.338 e. The highest BCUT2D eigenvalue weighted by Gasteiger charge is 2.17. The molecule has 4 nitrogen and oxygen atoms in total. The van der Waals surface area contributed by atoms with E-state index in [-0.39, 0.29) is 5.97 Å². The minimum atomic E-state index is -0.340. The smallest absolute Gasteiger partial charge is 0.338 e. The number of nitrogens with two attached hydrogens (primary N) is 1. The quantitative estimate of drug-likeness (QED) is 0.655. The van der Waals surface area contributed by atoms with E-state index in [9.17, 15) is 4.79 Å². The third kappa shape index (κ3) is 3.63. The molecule has 0 aromatic heterocycles. The molecule has 1 fully saturated rings. The van der Waals surface area contributed by atoms with Gasteiger partial charge < -0.3 is 15.2 Å². The van der Waals surface area contributed by atoms with E-state index >= 15 is 0 Å². The van der Waals surface area contributed by atoms with Gasteiger partial charge in [-0.05, 0) is 43.9 Å². The second-order valence-corrected chi connectivity index (χ2v) is 4.93. The maximum absolute atomic E-state index is 11.7. The van der Waals surface area contributed by atoms with Crippen molar-refractivity contribution in [2.75, 3.05) is 18.9 Å². The monoisotopic (exact) mass is 263 g/mol. The van der Waals surface area contributed by atoms with Crippen molar-refractivity contribution in [2.24, 2.45) is 5.92 Å². The van der Waals surface area contributed by atoms with E-state index in [0.29, 0.717) is 36.1 Å². The molecule has 1 aromatic rings. The van der Waals surface area contributed by atoms with Gasteiger partial charge in [0, 0.05) is 0 Å². The molecule has 1 aromatic carbocycles. The van der Waals surface area contributed by atoms with E-state index in [1.807, 2.05) is 0 Å². The zero-order chi connectivity index (χ0) is 13.7. The first-order valence-electron chi connectivity index (χ1n) is 6.90. The second kappa shape index (κ2) is 6.45. The van der Waals surface area contributed by atoms with Gasteiger partial charge >= 0.3 is 5.97 Å². The standard InChI is InChI=1S/C15H21NO3/c1-2-18-15(17)12-7-8-13(16)14(9-12)19-10-11-5-3-4-6-11/h7-9,11H,2-6,10,16H2,1H3. The predicted molar refractivity (Wildman–Crippen MR) is 74.3 cm³/mol. The zero-order valence-electron chi connectivity index (χ0n) is 11.4. The molecule has 0 aliphatic heterocycles. The SMILES string of the molecule is CCOC(=O)c1ccc(N)c(OCC2CCCC2)c1. The summed E-state index contributed by atoms with van der Waals surface area (Å²) in [6.07, 6.45) is 5.01. The Morgan fingerprint density at radius 2 is 2.11 bits per heavy atom. The van der Waals surface area contributed by atoms with E-state index in [1.165, 1.54) is 25.7 Å². The van der Waals surface area contributed by atoms with Crippen LogP contribution >= 0.6 is 0 Å². The Hall–Kier alpha value is -1.71. The third-order valence-electron chi connectivity index (χ3n) is 3.47. The highest BCUT2D eigenvalue weighted by molar-refractivity contribution is 5.90. The average Bonchev–Trinajstić information content (AvgIpc) is 2.91. The summed E-state index contributed by atoms with van der Waals surface area (Å²) in [5.41, 5.74) is 6.92. The molecule has 104 valence electrons. The molecule has 4 heteroatoms. The van der Waals surface area contributed by atoms with Crippen molar-refractivity contribution in [3.05, 3.63) is 23.8 Å². The first kappa shape index (κ1) is 13.7. The molecule has 0 amide bonds. The van der Waals surface area contributed by atoms with Crippen LogP contribution in [0.3, 0.4) is 0 Å². The number of esters is 1. The van der Waals surface area contributed by atoms with Crippen LogP contribution in [-0.4, -0.2) is 19.2 Å². The van der Waals surface area contributed by atoms with Gasteiger partial charge in [0.15, 0.2) is 0 Å². The van der Waals surface area contributed by atoms with Crippen LogP contribution in [0.1, 0.15) is 43.0 Å². The van der Waals surface area contributed by atoms with Gasteiger partial charge in [0.1, 0.15) is 5.75 Å². The molecule has 0 saturated heterocycles. The van der Waals surface area contributed by atoms with Crippen LogP contribution in [-0.2, 0) is 4.74 Å². The van der Waals surface area contributed by atoms with Crippen LogP contribution in [0.5, 0.6) is 5.75 Å². The van der Waals surface area contributed by atoms with Crippen LogP contribution in [0, 0.1) is 5.92 Å². The van der Waals surface area contributed by atoms with Crippen LogP contribution in [0.2, 0.25) is 0 Å². The molecule has 19 heavy (non-hydrogen) atoms. The van der Waals surface area contributed by atoms with Crippen molar-refractivity contribution in [3.63, 3.8) is 0 Å². The lowest BCUT2D eigenvalue weighted by Gasteiger charge is -2.13. The fraction of sp³-hybridized carbons (Fsp3) is 0.533. The Balaban J connectivity index is 2.01. The van der Waals surface area contributed by atoms with Gasteiger partial charge in [-0.25, -0.2) is 4.79 Å². The largest absolute Gasteiger partial charge is 0.491 e. The minimum absolute atomic E-state index is 0.340. The second-order valence-electron chi connectivity index (χ2n) is 4.93. The molecule has 0 heterocycles. The molecule has 1 aliphatic rings. The van der Waals surface area contributed by atoms with E-state index in [1.54, 1.807) is 25.1 Å². The van der Waals surface area contributed by atoms with Crippen molar-refractivity contribution in [1.29, 1.82) is 0 Å². The molecule has 0 spiro atoms. The predicted octanol–water partition coefficient (Wildman–Crippen LogP) is 3.01. The van der Waals surface area contributed by atoms with E-state index < -0.39 is 0 Å². The summed E-state index contributed by atoms with van der Waals surface area (Å²) in [7, 11) is 0. The molecule has 1 saturated carbocycles. The number of nitrogen functional groups attached to an aromatic ring is 1. The lowest BCUT2D eigenvalue weighted by Crippen LogP contribution is -2.10. The normalized spacial score (nSPS) is 15.4. The average molecular weight is 263 g/mol. The lowest BCUT2D eigenvalue weighted by molar-refractivity contribution is 0.0526. The molecule has 1 aliphatic carbocycles. The Morgan fingerprint density at radius 3 is 2.79 bits per heavy atom. The fourth-order valence-corrected chi connectivity index (χ4v) is 2.39. The van der Waals surface area contributed by atoms with Gasteiger partial charge in [0.25, 0.3) is 0 Å². The van der Waals surface area contributed by atoms with Gasteiger partial charge in [-0.1, -0.05) is 12.8 Å². The Kier molecular flexibility index (Phi) is 4.66. The topological polar surface area (TPSA) is 61.5 Å². The Morgan fingerprint density at radius 1 is 1.37 bits per heavy atom. The van der Waals surface area contributed by atoms with E-state index in [2.05, 4.69) is 0 Å². The third-order valence-corrected chi connectivity index (χ3v) is 3.47. The summed E-state index contributed by atoms with van der Waals surface area (Å²) < 4.78 is 10.7. The highest BCUT2D eigenvalue weighted by atomic mass is 16.5. The van der Waals surface area contributed by atoms with Crippen LogP contribution in [0.15, 0.2) is 18.2 Å². The lowest BCUT2D eigenvalue weighted by atomic mass is 10.1. The van der Waals surface area contributed by atoms with Crippen LogP contribution in [0.4, 0.5) is 5.69 Å². The maximum atomic E-state index is 11.7. The molecule has 0 radical (unpaired) electrons. The van der Waals surface area contributed by atoms with Gasteiger partial charge in [0.2, 0.25) is 0 Å². The highest BCUT2D eigenvalue weighted by Crippen LogP contribution is 2.28. The van der Waals surface area contributed by atoms with Crippen molar-refractivity contribution in [1.82, 2.24) is 0 Å².